The molecule has 1 aliphatic rings. The number of carbonyl (C=O) groups excluding carboxylic acids is 1. The predicted octanol–water partition coefficient (Wildman–Crippen LogP) is 0.966. The van der Waals surface area contributed by atoms with Crippen LogP contribution >= 0.6 is 12.4 Å². The molecule has 0 N–H and O–H groups in total. The molecule has 1 heterocycles. The van der Waals surface area contributed by atoms with Gasteiger partial charge in [0.25, 0.3) is 0 Å². The number of nitrogens with zero attached hydrogens (tertiary/aromatic N) is 1. The Morgan fingerprint density at radius 1 is 1.62 bits per heavy atom. The lowest BCUT2D eigenvalue weighted by Gasteiger charge is -1.88. The molecule has 3 heteroatoms. The summed E-state index contributed by atoms with van der Waals surface area (Å²) in [4.78, 5) is 14.0. The molecule has 44 valence electrons. The summed E-state index contributed by atoms with van der Waals surface area (Å²) < 4.78 is 0. The van der Waals surface area contributed by atoms with Gasteiger partial charge in [-0.2, -0.15) is 0 Å². The lowest BCUT2D eigenvalue weighted by molar-refractivity contribution is -0.113. The summed E-state index contributed by atoms with van der Waals surface area (Å²) in [6.07, 6.45) is 5.05. The molecule has 0 amide bonds. The lowest BCUT2D eigenvalue weighted by atomic mass is 10.3. The summed E-state index contributed by atoms with van der Waals surface area (Å²) in [5.74, 6) is 0.134. The zero-order valence-corrected chi connectivity index (χ0v) is 5.02. The average molecular weight is 132 g/mol. The van der Waals surface area contributed by atoms with Crippen molar-refractivity contribution in [2.45, 2.75) is 6.42 Å². The molecule has 0 saturated carbocycles. The van der Waals surface area contributed by atoms with E-state index in [2.05, 4.69) is 4.99 Å². The van der Waals surface area contributed by atoms with Gasteiger partial charge in [0.1, 0.15) is 0 Å². The number of ketones is 1. The van der Waals surface area contributed by atoms with Crippen LogP contribution in [0.1, 0.15) is 6.42 Å². The maximum atomic E-state index is 10.3. The molecule has 2 nitrogen and oxygen atoms in total. The Kier molecular flexibility index (Phi) is 3.12. The summed E-state index contributed by atoms with van der Waals surface area (Å²) in [6.45, 7) is 0. The van der Waals surface area contributed by atoms with Crippen molar-refractivity contribution in [2.24, 2.45) is 4.99 Å². The molecule has 0 atom stereocenters. The highest BCUT2D eigenvalue weighted by atomic mass is 35.5. The van der Waals surface area contributed by atoms with Crippen LogP contribution in [0.3, 0.4) is 0 Å². The highest BCUT2D eigenvalue weighted by Crippen LogP contribution is 1.88. The molecular formula is C5H6ClNO. The van der Waals surface area contributed by atoms with Crippen molar-refractivity contribution < 1.29 is 4.79 Å². The lowest BCUT2D eigenvalue weighted by Crippen LogP contribution is -1.95. The van der Waals surface area contributed by atoms with E-state index in [-0.39, 0.29) is 18.2 Å². The molecule has 0 aromatic carbocycles. The van der Waals surface area contributed by atoms with Gasteiger partial charge in [0, 0.05) is 18.8 Å². The van der Waals surface area contributed by atoms with E-state index >= 15 is 0 Å². The second-order valence-corrected chi connectivity index (χ2v) is 1.32. The summed E-state index contributed by atoms with van der Waals surface area (Å²) in [6, 6.07) is 0. The topological polar surface area (TPSA) is 29.4 Å². The summed E-state index contributed by atoms with van der Waals surface area (Å²) in [5.41, 5.74) is 0. The van der Waals surface area contributed by atoms with Crippen LogP contribution in [0.5, 0.6) is 0 Å². The second kappa shape index (κ2) is 3.38. The minimum Gasteiger partial charge on any atom is -0.294 e. The Labute approximate surface area is 53.7 Å². The van der Waals surface area contributed by atoms with Gasteiger partial charge in [-0.05, 0) is 6.08 Å². The standard InChI is InChI=1S/C5H5NO.ClH/c7-5-1-3-6-4-2-5;/h1,3-4H,2H2;1H. The normalized spacial score (nSPS) is 15.8. The van der Waals surface area contributed by atoms with Gasteiger partial charge >= 0.3 is 0 Å². The molecule has 0 fully saturated rings. The van der Waals surface area contributed by atoms with Crippen molar-refractivity contribution in [2.75, 3.05) is 0 Å². The summed E-state index contributed by atoms with van der Waals surface area (Å²) >= 11 is 0. The SMILES string of the molecule is Cl.O=C1C=CN=CC1. The van der Waals surface area contributed by atoms with Crippen LogP contribution in [0.15, 0.2) is 17.3 Å². The van der Waals surface area contributed by atoms with Gasteiger partial charge in [-0.15, -0.1) is 12.4 Å². The monoisotopic (exact) mass is 131 g/mol. The fourth-order valence-electron chi connectivity index (χ4n) is 0.398. The molecule has 0 aromatic heterocycles. The van der Waals surface area contributed by atoms with Gasteiger partial charge < -0.3 is 0 Å². The van der Waals surface area contributed by atoms with Gasteiger partial charge in [-0.1, -0.05) is 0 Å². The van der Waals surface area contributed by atoms with E-state index in [1.54, 1.807) is 6.21 Å². The molecule has 1 aliphatic heterocycles. The Hall–Kier alpha value is -0.630. The van der Waals surface area contributed by atoms with Crippen molar-refractivity contribution in [3.63, 3.8) is 0 Å². The molecule has 0 radical (unpaired) electrons. The van der Waals surface area contributed by atoms with E-state index in [0.29, 0.717) is 6.42 Å². The third kappa shape index (κ3) is 1.89. The number of hydrogen-bond acceptors (Lipinski definition) is 2. The van der Waals surface area contributed by atoms with Gasteiger partial charge in [0.2, 0.25) is 0 Å². The molecule has 0 spiro atoms. The summed E-state index contributed by atoms with van der Waals surface area (Å²) in [7, 11) is 0. The number of carbonyl (C=O) groups is 1. The van der Waals surface area contributed by atoms with Gasteiger partial charge in [-0.25, -0.2) is 0 Å². The third-order valence-corrected chi connectivity index (χ3v) is 0.744. The molecule has 0 bridgehead atoms. The number of aliphatic imine (C=N–C) groups is 1. The highest BCUT2D eigenvalue weighted by molar-refractivity contribution is 6.00. The Bertz CT molecular complexity index is 139. The molecule has 1 rings (SSSR count). The Morgan fingerprint density at radius 2 is 2.38 bits per heavy atom. The second-order valence-electron chi connectivity index (χ2n) is 1.32. The minimum atomic E-state index is 0. The minimum absolute atomic E-state index is 0. The maximum Gasteiger partial charge on any atom is 0.162 e. The van der Waals surface area contributed by atoms with Crippen molar-refractivity contribution in [3.05, 3.63) is 12.3 Å². The first-order valence-corrected chi connectivity index (χ1v) is 2.10. The zero-order valence-electron chi connectivity index (χ0n) is 4.20. The molecule has 0 aliphatic carbocycles. The van der Waals surface area contributed by atoms with E-state index in [1.165, 1.54) is 12.3 Å². The summed E-state index contributed by atoms with van der Waals surface area (Å²) in [5, 5.41) is 0. The largest absolute Gasteiger partial charge is 0.294 e. The predicted molar refractivity (Wildman–Crippen MR) is 34.5 cm³/mol. The van der Waals surface area contributed by atoms with E-state index in [1.807, 2.05) is 0 Å². The molecular weight excluding hydrogens is 126 g/mol. The van der Waals surface area contributed by atoms with Crippen LogP contribution in [0.25, 0.3) is 0 Å². The average Bonchev–Trinajstić information content (AvgIpc) is 1.69. The highest BCUT2D eigenvalue weighted by Gasteiger charge is 1.93. The van der Waals surface area contributed by atoms with Crippen LogP contribution in [0.4, 0.5) is 0 Å². The number of allylic oxidation sites excluding steroid dienone is 1. The van der Waals surface area contributed by atoms with Crippen molar-refractivity contribution in [1.29, 1.82) is 0 Å². The third-order valence-electron chi connectivity index (χ3n) is 0.744. The van der Waals surface area contributed by atoms with E-state index in [0.717, 1.165) is 0 Å². The van der Waals surface area contributed by atoms with Crippen LogP contribution < -0.4 is 0 Å². The van der Waals surface area contributed by atoms with Crippen LogP contribution in [-0.4, -0.2) is 12.0 Å². The fourth-order valence-corrected chi connectivity index (χ4v) is 0.398. The maximum absolute atomic E-state index is 10.3. The molecule has 0 saturated heterocycles. The van der Waals surface area contributed by atoms with E-state index in [9.17, 15) is 4.79 Å². The number of hydrogen-bond donors (Lipinski definition) is 0. The molecule has 0 aromatic rings. The van der Waals surface area contributed by atoms with Crippen LogP contribution in [-0.2, 0) is 4.79 Å². The quantitative estimate of drug-likeness (QED) is 0.482. The van der Waals surface area contributed by atoms with Gasteiger partial charge in [-0.3, -0.25) is 9.79 Å². The fraction of sp³-hybridized carbons (Fsp3) is 0.200. The van der Waals surface area contributed by atoms with Crippen LogP contribution in [0, 0.1) is 0 Å². The first-order valence-electron chi connectivity index (χ1n) is 2.10. The van der Waals surface area contributed by atoms with Crippen LogP contribution in [0.2, 0.25) is 0 Å². The smallest absolute Gasteiger partial charge is 0.162 e. The van der Waals surface area contributed by atoms with Gasteiger partial charge in [0.05, 0.1) is 0 Å². The van der Waals surface area contributed by atoms with Crippen molar-refractivity contribution >= 4 is 24.4 Å². The van der Waals surface area contributed by atoms with Crippen molar-refractivity contribution in [3.8, 4) is 0 Å². The number of halogens is 1. The Morgan fingerprint density at radius 3 is 2.62 bits per heavy atom. The first-order chi connectivity index (χ1) is 3.39. The van der Waals surface area contributed by atoms with Crippen molar-refractivity contribution in [1.82, 2.24) is 0 Å². The van der Waals surface area contributed by atoms with E-state index in [4.69, 9.17) is 0 Å². The van der Waals surface area contributed by atoms with Gasteiger partial charge in [0.15, 0.2) is 5.78 Å². The molecule has 8 heavy (non-hydrogen) atoms. The first kappa shape index (κ1) is 7.37. The Balaban J connectivity index is 0.000000490. The zero-order chi connectivity index (χ0) is 5.11. The molecule has 0 unspecified atom stereocenters. The van der Waals surface area contributed by atoms with E-state index < -0.39 is 0 Å². The number of rotatable bonds is 0.